The molecule has 0 spiro atoms. The number of carboxylic acid groups (broad SMARTS) is 2. The molecular formula is CHCaKO4. The Morgan fingerprint density at radius 1 is 1.57 bits per heavy atom. The zero-order valence-electron chi connectivity index (χ0n) is 3.88. The monoisotopic (exact) mass is 156 g/mol. The normalized spacial score (nSPS) is 3.43. The van der Waals surface area contributed by atoms with Gasteiger partial charge in [-0.15, -0.1) is 0 Å². The molecule has 0 amide bonds. The first-order chi connectivity index (χ1) is 1.73. The van der Waals surface area contributed by atoms with Gasteiger partial charge in [0.2, 0.25) is 6.16 Å². The summed E-state index contributed by atoms with van der Waals surface area (Å²) in [5.41, 5.74) is 0. The van der Waals surface area contributed by atoms with Gasteiger partial charge in [0.25, 0.3) is 0 Å². The Morgan fingerprint density at radius 2 is 1.57 bits per heavy atom. The summed E-state index contributed by atoms with van der Waals surface area (Å²) in [6, 6.07) is 0. The Kier molecular flexibility index (Phi) is 51.5. The largest absolute Gasteiger partial charge is 2.00 e. The van der Waals surface area contributed by atoms with Gasteiger partial charge in [-0.2, -0.15) is 0 Å². The van der Waals surface area contributed by atoms with Crippen molar-refractivity contribution in [3.8, 4) is 0 Å². The maximum Gasteiger partial charge on any atom is 2.00 e. The fourth-order valence-electron chi connectivity index (χ4n) is 0. The molecule has 0 aromatic heterocycles. The molecule has 0 aliphatic rings. The molecule has 0 saturated carbocycles. The standard InChI is InChI=1S/CH2O3.Ca.K.O/c2-1(3)4;;;/h(H2,2,3,4);;;/q;+2;+1;-2/p-1. The van der Waals surface area contributed by atoms with Crippen molar-refractivity contribution in [3.05, 3.63) is 0 Å². The summed E-state index contributed by atoms with van der Waals surface area (Å²) in [5, 5.41) is 15.3. The van der Waals surface area contributed by atoms with E-state index in [1.807, 2.05) is 0 Å². The third kappa shape index (κ3) is 67.5. The van der Waals surface area contributed by atoms with E-state index in [-0.39, 0.29) is 94.6 Å². The molecule has 4 nitrogen and oxygen atoms in total. The molecule has 0 aromatic rings. The maximum absolute atomic E-state index is 8.44. The molecule has 0 unspecified atom stereocenters. The molecule has 0 rings (SSSR count). The molecule has 0 heterocycles. The van der Waals surface area contributed by atoms with E-state index in [4.69, 9.17) is 15.0 Å². The average Bonchev–Trinajstić information content (AvgIpc) is 0.811. The molecule has 0 fully saturated rings. The first-order valence-electron chi connectivity index (χ1n) is 0.632. The van der Waals surface area contributed by atoms with Crippen molar-refractivity contribution in [1.82, 2.24) is 0 Å². The van der Waals surface area contributed by atoms with Crippen molar-refractivity contribution in [2.75, 3.05) is 0 Å². The van der Waals surface area contributed by atoms with Crippen LogP contribution in [0.3, 0.4) is 0 Å². The van der Waals surface area contributed by atoms with Gasteiger partial charge in [0.15, 0.2) is 0 Å². The van der Waals surface area contributed by atoms with Crippen LogP contribution in [-0.2, 0) is 5.48 Å². The van der Waals surface area contributed by atoms with Crippen LogP contribution in [0.4, 0.5) is 4.79 Å². The molecule has 32 valence electrons. The Bertz CT molecular complexity index is 34.7. The van der Waals surface area contributed by atoms with Crippen molar-refractivity contribution < 1.29 is 71.9 Å². The van der Waals surface area contributed by atoms with E-state index >= 15 is 0 Å². The summed E-state index contributed by atoms with van der Waals surface area (Å²) in [6.45, 7) is 0. The number of hydrogen-bond donors (Lipinski definition) is 1. The van der Waals surface area contributed by atoms with Gasteiger partial charge in [-0.3, -0.25) is 0 Å². The number of hydrogen-bond acceptors (Lipinski definition) is 2. The van der Waals surface area contributed by atoms with E-state index in [2.05, 4.69) is 0 Å². The molecule has 0 atom stereocenters. The quantitative estimate of drug-likeness (QED) is 0.358. The van der Waals surface area contributed by atoms with E-state index in [1.165, 1.54) is 0 Å². The molecule has 1 N–H and O–H groups in total. The summed E-state index contributed by atoms with van der Waals surface area (Å²) < 4.78 is 0. The second kappa shape index (κ2) is 15.7. The van der Waals surface area contributed by atoms with Crippen LogP contribution in [0.5, 0.6) is 0 Å². The van der Waals surface area contributed by atoms with Crippen LogP contribution in [0.1, 0.15) is 0 Å². The van der Waals surface area contributed by atoms with Crippen LogP contribution in [0.2, 0.25) is 0 Å². The Labute approximate surface area is 113 Å². The van der Waals surface area contributed by atoms with Crippen molar-refractivity contribution in [2.24, 2.45) is 0 Å². The summed E-state index contributed by atoms with van der Waals surface area (Å²) in [7, 11) is 0. The van der Waals surface area contributed by atoms with Gasteiger partial charge in [-0.25, -0.2) is 0 Å². The van der Waals surface area contributed by atoms with Gasteiger partial charge in [-0.05, 0) is 0 Å². The van der Waals surface area contributed by atoms with Gasteiger partial charge < -0.3 is 20.5 Å². The van der Waals surface area contributed by atoms with Gasteiger partial charge in [-0.1, -0.05) is 0 Å². The summed E-state index contributed by atoms with van der Waals surface area (Å²) in [5.74, 6) is 0. The molecule has 0 aliphatic heterocycles. The van der Waals surface area contributed by atoms with Crippen molar-refractivity contribution in [2.45, 2.75) is 0 Å². The molecule has 0 aromatic carbocycles. The fraction of sp³-hybridized carbons (Fsp3) is 0. The number of carbonyl (C=O) groups is 1. The molecule has 7 heavy (non-hydrogen) atoms. The topological polar surface area (TPSA) is 88.9 Å². The van der Waals surface area contributed by atoms with Gasteiger partial charge in [0.1, 0.15) is 0 Å². The van der Waals surface area contributed by atoms with Crippen LogP contribution in [0.25, 0.3) is 0 Å². The smallest absolute Gasteiger partial charge is 2.00 e. The molecule has 0 aliphatic carbocycles. The maximum atomic E-state index is 8.44. The number of rotatable bonds is 0. The second-order valence-corrected chi connectivity index (χ2v) is 0.266. The van der Waals surface area contributed by atoms with Crippen molar-refractivity contribution in [1.29, 1.82) is 0 Å². The van der Waals surface area contributed by atoms with Crippen LogP contribution in [0.15, 0.2) is 0 Å². The summed E-state index contributed by atoms with van der Waals surface area (Å²) in [4.78, 5) is 8.44. The van der Waals surface area contributed by atoms with E-state index in [1.54, 1.807) is 0 Å². The molecule has 0 saturated heterocycles. The molecule has 0 bridgehead atoms. The average molecular weight is 156 g/mol. The van der Waals surface area contributed by atoms with E-state index in [0.717, 1.165) is 0 Å². The van der Waals surface area contributed by atoms with Crippen LogP contribution in [0, 0.1) is 0 Å². The van der Waals surface area contributed by atoms with Crippen LogP contribution in [-0.4, -0.2) is 49.0 Å². The molecule has 6 heteroatoms. The minimum absolute atomic E-state index is 0. The Hall–Kier alpha value is 2.13. The summed E-state index contributed by atoms with van der Waals surface area (Å²) >= 11 is 0. The molecular weight excluding hydrogens is 155 g/mol. The fourth-order valence-corrected chi connectivity index (χ4v) is 0. The van der Waals surface area contributed by atoms with Crippen molar-refractivity contribution >= 4 is 43.9 Å². The Balaban J connectivity index is -0.0000000150. The third-order valence-corrected chi connectivity index (χ3v) is 0. The van der Waals surface area contributed by atoms with Gasteiger partial charge in [0, 0.05) is 0 Å². The van der Waals surface area contributed by atoms with Gasteiger partial charge >= 0.3 is 89.1 Å². The van der Waals surface area contributed by atoms with Crippen molar-refractivity contribution in [3.63, 3.8) is 0 Å². The predicted octanol–water partition coefficient (Wildman–Crippen LogP) is -4.61. The van der Waals surface area contributed by atoms with Gasteiger partial charge in [0.05, 0.1) is 0 Å². The molecule has 0 radical (unpaired) electrons. The summed E-state index contributed by atoms with van der Waals surface area (Å²) in [6.07, 6.45) is -2.08. The second-order valence-electron chi connectivity index (χ2n) is 0.266. The first kappa shape index (κ1) is 22.9. The zero-order chi connectivity index (χ0) is 3.58. The predicted molar refractivity (Wildman–Crippen MR) is 14.5 cm³/mol. The zero-order valence-corrected chi connectivity index (χ0v) is 9.21. The SMILES string of the molecule is O=C([O-])O.[Ca+2].[K+].[O-2]. The first-order valence-corrected chi connectivity index (χ1v) is 0.632. The minimum atomic E-state index is -2.08. The van der Waals surface area contributed by atoms with E-state index in [0.29, 0.717) is 0 Å². The van der Waals surface area contributed by atoms with E-state index < -0.39 is 6.16 Å². The van der Waals surface area contributed by atoms with Crippen LogP contribution < -0.4 is 56.5 Å². The van der Waals surface area contributed by atoms with Crippen LogP contribution >= 0.6 is 0 Å². The van der Waals surface area contributed by atoms with E-state index in [9.17, 15) is 0 Å². The minimum Gasteiger partial charge on any atom is -2.00 e. The third-order valence-electron chi connectivity index (χ3n) is 0. The Morgan fingerprint density at radius 3 is 1.57 bits per heavy atom.